The Balaban J connectivity index is 1.68. The molecule has 0 saturated carbocycles. The average Bonchev–Trinajstić information content (AvgIpc) is 3.24. The number of nitrogens with zero attached hydrogens (tertiary/aromatic N) is 3. The SMILES string of the molecule is Cc1cccc(-c2nc(CCN(C)S(=O)(=O)c3cccs3)no2)c1. The molecule has 2 heterocycles. The zero-order valence-electron chi connectivity index (χ0n) is 13.3. The Kier molecular flexibility index (Phi) is 4.79. The predicted molar refractivity (Wildman–Crippen MR) is 92.3 cm³/mol. The van der Waals surface area contributed by atoms with Gasteiger partial charge < -0.3 is 4.52 Å². The van der Waals surface area contributed by atoms with Crippen LogP contribution < -0.4 is 0 Å². The van der Waals surface area contributed by atoms with Crippen LogP contribution in [0.5, 0.6) is 0 Å². The number of hydrogen-bond donors (Lipinski definition) is 0. The highest BCUT2D eigenvalue weighted by Gasteiger charge is 2.22. The second kappa shape index (κ2) is 6.84. The van der Waals surface area contributed by atoms with Crippen LogP contribution in [0.4, 0.5) is 0 Å². The Bertz CT molecular complexity index is 918. The van der Waals surface area contributed by atoms with Crippen LogP contribution in [-0.4, -0.2) is 36.5 Å². The summed E-state index contributed by atoms with van der Waals surface area (Å²) in [4.78, 5) is 4.34. The Hall–Kier alpha value is -2.03. The van der Waals surface area contributed by atoms with Gasteiger partial charge in [0.05, 0.1) is 0 Å². The minimum atomic E-state index is -3.45. The van der Waals surface area contributed by atoms with E-state index in [-0.39, 0.29) is 6.54 Å². The number of likely N-dealkylation sites (N-methyl/N-ethyl adjacent to an activating group) is 1. The summed E-state index contributed by atoms with van der Waals surface area (Å²) in [5, 5.41) is 5.68. The fourth-order valence-corrected chi connectivity index (χ4v) is 4.56. The monoisotopic (exact) mass is 363 g/mol. The van der Waals surface area contributed by atoms with Crippen molar-refractivity contribution in [2.45, 2.75) is 17.6 Å². The summed E-state index contributed by atoms with van der Waals surface area (Å²) in [7, 11) is -1.90. The van der Waals surface area contributed by atoms with Gasteiger partial charge in [0.2, 0.25) is 0 Å². The lowest BCUT2D eigenvalue weighted by Crippen LogP contribution is -2.28. The number of benzene rings is 1. The van der Waals surface area contributed by atoms with Gasteiger partial charge >= 0.3 is 0 Å². The van der Waals surface area contributed by atoms with Crippen LogP contribution in [-0.2, 0) is 16.4 Å². The quantitative estimate of drug-likeness (QED) is 0.673. The first-order valence-electron chi connectivity index (χ1n) is 7.36. The van der Waals surface area contributed by atoms with Gasteiger partial charge in [-0.05, 0) is 30.5 Å². The van der Waals surface area contributed by atoms with Crippen LogP contribution in [0.1, 0.15) is 11.4 Å². The van der Waals surface area contributed by atoms with E-state index in [1.807, 2.05) is 31.2 Å². The van der Waals surface area contributed by atoms with Gasteiger partial charge in [0, 0.05) is 25.6 Å². The van der Waals surface area contributed by atoms with Gasteiger partial charge in [-0.2, -0.15) is 9.29 Å². The second-order valence-electron chi connectivity index (χ2n) is 5.39. The minimum Gasteiger partial charge on any atom is -0.334 e. The Morgan fingerprint density at radius 2 is 2.08 bits per heavy atom. The van der Waals surface area contributed by atoms with E-state index in [1.165, 1.54) is 15.6 Å². The third-order valence-corrected chi connectivity index (χ3v) is 6.77. The van der Waals surface area contributed by atoms with E-state index in [1.54, 1.807) is 24.6 Å². The lowest BCUT2D eigenvalue weighted by Gasteiger charge is -2.14. The largest absolute Gasteiger partial charge is 0.334 e. The lowest BCUT2D eigenvalue weighted by molar-refractivity contribution is 0.415. The molecule has 8 heteroatoms. The number of sulfonamides is 1. The zero-order valence-corrected chi connectivity index (χ0v) is 15.0. The van der Waals surface area contributed by atoms with Crippen molar-refractivity contribution in [2.75, 3.05) is 13.6 Å². The van der Waals surface area contributed by atoms with Crippen molar-refractivity contribution in [3.05, 3.63) is 53.2 Å². The Morgan fingerprint density at radius 3 is 2.79 bits per heavy atom. The standard InChI is InChI=1S/C16H17N3O3S2/c1-12-5-3-6-13(11-12)16-17-14(18-22-16)8-9-19(2)24(20,21)15-7-4-10-23-15/h3-7,10-11H,8-9H2,1-2H3. The molecule has 0 aliphatic heterocycles. The molecule has 126 valence electrons. The van der Waals surface area contributed by atoms with E-state index in [9.17, 15) is 8.42 Å². The second-order valence-corrected chi connectivity index (χ2v) is 8.61. The normalized spacial score (nSPS) is 12.0. The van der Waals surface area contributed by atoms with E-state index < -0.39 is 10.0 Å². The molecule has 1 aromatic carbocycles. The van der Waals surface area contributed by atoms with Crippen LogP contribution in [0.3, 0.4) is 0 Å². The molecular formula is C16H17N3O3S2. The maximum atomic E-state index is 12.4. The zero-order chi connectivity index (χ0) is 17.2. The topological polar surface area (TPSA) is 76.3 Å². The van der Waals surface area contributed by atoms with E-state index in [0.29, 0.717) is 22.3 Å². The molecule has 0 unspecified atom stereocenters. The summed E-state index contributed by atoms with van der Waals surface area (Å²) in [5.74, 6) is 0.928. The van der Waals surface area contributed by atoms with Crippen molar-refractivity contribution in [1.82, 2.24) is 14.4 Å². The number of rotatable bonds is 6. The first-order chi connectivity index (χ1) is 11.5. The van der Waals surface area contributed by atoms with Crippen molar-refractivity contribution >= 4 is 21.4 Å². The van der Waals surface area contributed by atoms with Gasteiger partial charge in [-0.1, -0.05) is 28.9 Å². The van der Waals surface area contributed by atoms with E-state index in [2.05, 4.69) is 10.1 Å². The summed E-state index contributed by atoms with van der Waals surface area (Å²) in [6.07, 6.45) is 0.385. The molecule has 0 fully saturated rings. The molecule has 24 heavy (non-hydrogen) atoms. The van der Waals surface area contributed by atoms with Crippen LogP contribution in [0.2, 0.25) is 0 Å². The summed E-state index contributed by atoms with van der Waals surface area (Å²) >= 11 is 1.20. The molecule has 0 aliphatic carbocycles. The van der Waals surface area contributed by atoms with Crippen LogP contribution in [0.25, 0.3) is 11.5 Å². The maximum absolute atomic E-state index is 12.4. The molecule has 0 bridgehead atoms. The van der Waals surface area contributed by atoms with E-state index in [4.69, 9.17) is 4.52 Å². The van der Waals surface area contributed by atoms with Crippen LogP contribution in [0.15, 0.2) is 50.5 Å². The smallest absolute Gasteiger partial charge is 0.257 e. The van der Waals surface area contributed by atoms with Gasteiger partial charge in [-0.25, -0.2) is 8.42 Å². The summed E-state index contributed by atoms with van der Waals surface area (Å²) in [5.41, 5.74) is 1.96. The molecule has 0 radical (unpaired) electrons. The van der Waals surface area contributed by atoms with Gasteiger partial charge in [-0.15, -0.1) is 11.3 Å². The van der Waals surface area contributed by atoms with Gasteiger partial charge in [0.15, 0.2) is 5.82 Å². The summed E-state index contributed by atoms with van der Waals surface area (Å²) in [6, 6.07) is 11.1. The molecule has 0 amide bonds. The predicted octanol–water partition coefficient (Wildman–Crippen LogP) is 2.97. The average molecular weight is 363 g/mol. The molecule has 0 N–H and O–H groups in total. The minimum absolute atomic E-state index is 0.285. The number of aryl methyl sites for hydroxylation is 1. The molecular weight excluding hydrogens is 346 g/mol. The highest BCUT2D eigenvalue weighted by atomic mass is 32.2. The molecule has 2 aromatic heterocycles. The third kappa shape index (κ3) is 3.55. The molecule has 3 rings (SSSR count). The first kappa shape index (κ1) is 16.8. The first-order valence-corrected chi connectivity index (χ1v) is 9.68. The van der Waals surface area contributed by atoms with Crippen molar-refractivity contribution in [3.63, 3.8) is 0 Å². The van der Waals surface area contributed by atoms with Gasteiger partial charge in [0.25, 0.3) is 15.9 Å². The van der Waals surface area contributed by atoms with Crippen molar-refractivity contribution in [3.8, 4) is 11.5 Å². The molecule has 0 atom stereocenters. The van der Waals surface area contributed by atoms with Crippen molar-refractivity contribution in [2.24, 2.45) is 0 Å². The van der Waals surface area contributed by atoms with E-state index in [0.717, 1.165) is 11.1 Å². The third-order valence-electron chi connectivity index (χ3n) is 3.54. The lowest BCUT2D eigenvalue weighted by atomic mass is 10.1. The highest BCUT2D eigenvalue weighted by Crippen LogP contribution is 2.21. The molecule has 0 aliphatic rings. The number of aromatic nitrogens is 2. The fourth-order valence-electron chi connectivity index (χ4n) is 2.19. The van der Waals surface area contributed by atoms with E-state index >= 15 is 0 Å². The van der Waals surface area contributed by atoms with Crippen LogP contribution >= 0.6 is 11.3 Å². The molecule has 0 saturated heterocycles. The summed E-state index contributed by atoms with van der Waals surface area (Å²) < 4.78 is 31.6. The molecule has 3 aromatic rings. The van der Waals surface area contributed by atoms with Crippen LogP contribution in [0, 0.1) is 6.92 Å². The molecule has 0 spiro atoms. The molecule has 6 nitrogen and oxygen atoms in total. The number of hydrogen-bond acceptors (Lipinski definition) is 6. The summed E-state index contributed by atoms with van der Waals surface area (Å²) in [6.45, 7) is 2.28. The number of thiophene rings is 1. The van der Waals surface area contributed by atoms with Gasteiger partial charge in [0.1, 0.15) is 4.21 Å². The van der Waals surface area contributed by atoms with Gasteiger partial charge in [-0.3, -0.25) is 0 Å². The van der Waals surface area contributed by atoms with Crippen molar-refractivity contribution in [1.29, 1.82) is 0 Å². The van der Waals surface area contributed by atoms with Crippen molar-refractivity contribution < 1.29 is 12.9 Å². The Labute approximate surface area is 144 Å². The maximum Gasteiger partial charge on any atom is 0.257 e. The fraction of sp³-hybridized carbons (Fsp3) is 0.250. The Morgan fingerprint density at radius 1 is 1.25 bits per heavy atom. The highest BCUT2D eigenvalue weighted by molar-refractivity contribution is 7.91.